The summed E-state index contributed by atoms with van der Waals surface area (Å²) in [4.78, 5) is 12.4. The van der Waals surface area contributed by atoms with E-state index in [1.807, 2.05) is 30.3 Å². The number of carbonyl (C=O) groups excluding carboxylic acids is 1. The van der Waals surface area contributed by atoms with Crippen molar-refractivity contribution >= 4 is 67.8 Å². The highest BCUT2D eigenvalue weighted by atomic mass is 79.9. The first-order valence-corrected chi connectivity index (χ1v) is 10.6. The third kappa shape index (κ3) is 5.88. The Labute approximate surface area is 199 Å². The van der Waals surface area contributed by atoms with Gasteiger partial charge >= 0.3 is 0 Å². The molecular weight excluding hydrogens is 502 g/mol. The van der Waals surface area contributed by atoms with Crippen molar-refractivity contribution in [3.8, 4) is 11.5 Å². The Morgan fingerprint density at radius 1 is 0.903 bits per heavy atom. The van der Waals surface area contributed by atoms with Gasteiger partial charge in [-0.25, -0.2) is 0 Å². The Morgan fingerprint density at radius 2 is 1.52 bits per heavy atom. The van der Waals surface area contributed by atoms with Crippen LogP contribution in [0.25, 0.3) is 0 Å². The van der Waals surface area contributed by atoms with Crippen LogP contribution in [0.3, 0.4) is 0 Å². The van der Waals surface area contributed by atoms with E-state index in [4.69, 9.17) is 33.3 Å². The number of hydrogen-bond donors (Lipinski definition) is 3. The molecule has 0 radical (unpaired) electrons. The topological polar surface area (TPSA) is 71.6 Å². The summed E-state index contributed by atoms with van der Waals surface area (Å²) in [6, 6.07) is 17.8. The fraction of sp³-hybridized carbons (Fsp3) is 0.0909. The maximum atomic E-state index is 12.4. The second-order valence-electron chi connectivity index (χ2n) is 6.28. The first-order chi connectivity index (χ1) is 14.9. The fourth-order valence-electron chi connectivity index (χ4n) is 2.72. The molecule has 0 unspecified atom stereocenters. The van der Waals surface area contributed by atoms with Crippen LogP contribution in [0, 0.1) is 0 Å². The van der Waals surface area contributed by atoms with Gasteiger partial charge in [0.25, 0.3) is 5.91 Å². The van der Waals surface area contributed by atoms with Crippen LogP contribution in [0.2, 0.25) is 5.02 Å². The minimum absolute atomic E-state index is 0.200. The summed E-state index contributed by atoms with van der Waals surface area (Å²) in [6.07, 6.45) is 0. The Morgan fingerprint density at radius 3 is 2.13 bits per heavy atom. The Hall–Kier alpha value is -2.81. The van der Waals surface area contributed by atoms with E-state index in [1.165, 1.54) is 7.11 Å². The minimum atomic E-state index is -0.200. The second-order valence-corrected chi connectivity index (χ2v) is 7.95. The molecule has 31 heavy (non-hydrogen) atoms. The van der Waals surface area contributed by atoms with Gasteiger partial charge in [-0.1, -0.05) is 23.7 Å². The molecular formula is C22H19BrClN3O3S. The van der Waals surface area contributed by atoms with Crippen LogP contribution in [0.4, 0.5) is 17.1 Å². The zero-order chi connectivity index (χ0) is 22.4. The lowest BCUT2D eigenvalue weighted by Gasteiger charge is -2.15. The number of hydrogen-bond acceptors (Lipinski definition) is 4. The SMILES string of the molecule is COc1cc(OC)c(NC(=S)Nc2ccc(NC(=O)c3ccccc3Br)cc2)cc1Cl. The maximum absolute atomic E-state index is 12.4. The summed E-state index contributed by atoms with van der Waals surface area (Å²) in [7, 11) is 3.08. The van der Waals surface area contributed by atoms with Crippen molar-refractivity contribution in [1.82, 2.24) is 0 Å². The molecule has 0 aliphatic rings. The average Bonchev–Trinajstić information content (AvgIpc) is 2.75. The van der Waals surface area contributed by atoms with E-state index in [0.29, 0.717) is 38.6 Å². The summed E-state index contributed by atoms with van der Waals surface area (Å²) in [5, 5.41) is 9.78. The van der Waals surface area contributed by atoms with E-state index in [9.17, 15) is 4.79 Å². The van der Waals surface area contributed by atoms with Gasteiger partial charge in [-0.3, -0.25) is 4.79 Å². The number of rotatable bonds is 6. The Bertz CT molecular complexity index is 1110. The van der Waals surface area contributed by atoms with Gasteiger partial charge in [0.1, 0.15) is 11.5 Å². The summed E-state index contributed by atoms with van der Waals surface area (Å²) in [5.74, 6) is 0.840. The van der Waals surface area contributed by atoms with Crippen molar-refractivity contribution in [2.75, 3.05) is 30.2 Å². The molecule has 0 bridgehead atoms. The van der Waals surface area contributed by atoms with Gasteiger partial charge in [0.15, 0.2) is 5.11 Å². The highest BCUT2D eigenvalue weighted by molar-refractivity contribution is 9.10. The number of benzene rings is 3. The second kappa shape index (κ2) is 10.5. The van der Waals surface area contributed by atoms with Crippen molar-refractivity contribution in [2.45, 2.75) is 0 Å². The minimum Gasteiger partial charge on any atom is -0.495 e. The Balaban J connectivity index is 1.63. The van der Waals surface area contributed by atoms with Crippen molar-refractivity contribution in [3.63, 3.8) is 0 Å². The van der Waals surface area contributed by atoms with Gasteiger partial charge in [0.05, 0.1) is 30.5 Å². The summed E-state index contributed by atoms with van der Waals surface area (Å²) >= 11 is 15.0. The van der Waals surface area contributed by atoms with Crippen LogP contribution in [-0.4, -0.2) is 25.2 Å². The standard InChI is InChI=1S/C22H19BrClN3O3S/c1-29-19-12-20(30-2)18(11-17(19)24)27-22(31)26-14-9-7-13(8-10-14)25-21(28)15-5-3-4-6-16(15)23/h3-12H,1-2H3,(H,25,28)(H2,26,27,31). The lowest BCUT2D eigenvalue weighted by Crippen LogP contribution is -2.19. The van der Waals surface area contributed by atoms with E-state index in [1.54, 1.807) is 37.4 Å². The highest BCUT2D eigenvalue weighted by Crippen LogP contribution is 2.36. The quantitative estimate of drug-likeness (QED) is 0.337. The summed E-state index contributed by atoms with van der Waals surface area (Å²) in [5.41, 5.74) is 2.56. The van der Waals surface area contributed by atoms with Crippen molar-refractivity contribution in [3.05, 3.63) is 75.7 Å². The first kappa shape index (κ1) is 22.9. The van der Waals surface area contributed by atoms with Gasteiger partial charge < -0.3 is 25.4 Å². The molecule has 0 saturated carbocycles. The molecule has 160 valence electrons. The molecule has 3 aromatic carbocycles. The third-order valence-corrected chi connectivity index (χ3v) is 5.43. The lowest BCUT2D eigenvalue weighted by molar-refractivity contribution is 0.102. The molecule has 3 rings (SSSR count). The molecule has 1 amide bonds. The van der Waals surface area contributed by atoms with Crippen LogP contribution in [0.15, 0.2) is 65.1 Å². The molecule has 0 aliphatic carbocycles. The number of amides is 1. The number of halogens is 2. The van der Waals surface area contributed by atoms with E-state index in [2.05, 4.69) is 31.9 Å². The van der Waals surface area contributed by atoms with Crippen LogP contribution in [-0.2, 0) is 0 Å². The molecule has 3 aromatic rings. The largest absolute Gasteiger partial charge is 0.495 e. The normalized spacial score (nSPS) is 10.2. The number of methoxy groups -OCH3 is 2. The molecule has 0 saturated heterocycles. The predicted octanol–water partition coefficient (Wildman–Crippen LogP) is 6.18. The van der Waals surface area contributed by atoms with Gasteiger partial charge in [-0.2, -0.15) is 0 Å². The van der Waals surface area contributed by atoms with E-state index in [-0.39, 0.29) is 5.91 Å². The molecule has 0 spiro atoms. The summed E-state index contributed by atoms with van der Waals surface area (Å²) < 4.78 is 11.3. The lowest BCUT2D eigenvalue weighted by atomic mass is 10.2. The molecule has 3 N–H and O–H groups in total. The van der Waals surface area contributed by atoms with E-state index in [0.717, 1.165) is 10.2 Å². The number of carbonyl (C=O) groups is 1. The van der Waals surface area contributed by atoms with Gasteiger partial charge in [-0.15, -0.1) is 0 Å². The zero-order valence-electron chi connectivity index (χ0n) is 16.7. The number of nitrogens with one attached hydrogen (secondary N) is 3. The number of thiocarbonyl (C=S) groups is 1. The van der Waals surface area contributed by atoms with Gasteiger partial charge in [0, 0.05) is 21.9 Å². The molecule has 0 aromatic heterocycles. The van der Waals surface area contributed by atoms with Gasteiger partial charge in [-0.05, 0) is 70.6 Å². The molecule has 0 atom stereocenters. The fourth-order valence-corrected chi connectivity index (χ4v) is 3.66. The van der Waals surface area contributed by atoms with Crippen molar-refractivity contribution in [2.24, 2.45) is 0 Å². The van der Waals surface area contributed by atoms with E-state index >= 15 is 0 Å². The first-order valence-electron chi connectivity index (χ1n) is 9.06. The predicted molar refractivity (Wildman–Crippen MR) is 133 cm³/mol. The smallest absolute Gasteiger partial charge is 0.256 e. The van der Waals surface area contributed by atoms with Crippen LogP contribution >= 0.6 is 39.7 Å². The molecule has 0 fully saturated rings. The average molecular weight is 521 g/mol. The highest BCUT2D eigenvalue weighted by Gasteiger charge is 2.12. The van der Waals surface area contributed by atoms with Crippen LogP contribution in [0.5, 0.6) is 11.5 Å². The van der Waals surface area contributed by atoms with Crippen molar-refractivity contribution in [1.29, 1.82) is 0 Å². The third-order valence-electron chi connectivity index (χ3n) is 4.24. The molecule has 0 heterocycles. The molecule has 0 aliphatic heterocycles. The van der Waals surface area contributed by atoms with E-state index < -0.39 is 0 Å². The zero-order valence-corrected chi connectivity index (χ0v) is 19.8. The number of ether oxygens (including phenoxy) is 2. The molecule has 6 nitrogen and oxygen atoms in total. The monoisotopic (exact) mass is 519 g/mol. The van der Waals surface area contributed by atoms with Crippen molar-refractivity contribution < 1.29 is 14.3 Å². The Kier molecular flexibility index (Phi) is 7.73. The van der Waals surface area contributed by atoms with Gasteiger partial charge in [0.2, 0.25) is 0 Å². The van der Waals surface area contributed by atoms with Crippen LogP contribution in [0.1, 0.15) is 10.4 Å². The van der Waals surface area contributed by atoms with Crippen LogP contribution < -0.4 is 25.4 Å². The molecule has 9 heteroatoms. The summed E-state index contributed by atoms with van der Waals surface area (Å²) in [6.45, 7) is 0. The number of anilines is 3. The maximum Gasteiger partial charge on any atom is 0.256 e.